The maximum atomic E-state index is 14.1. The molecule has 1 fully saturated rings. The molecule has 9 nitrogen and oxygen atoms in total. The Labute approximate surface area is 213 Å². The maximum absolute atomic E-state index is 14.1. The molecule has 0 radical (unpaired) electrons. The van der Waals surface area contributed by atoms with E-state index in [1.54, 1.807) is 25.7 Å². The van der Waals surface area contributed by atoms with Gasteiger partial charge in [0.15, 0.2) is 5.82 Å². The van der Waals surface area contributed by atoms with Crippen molar-refractivity contribution in [2.75, 3.05) is 26.7 Å². The number of benzene rings is 1. The monoisotopic (exact) mass is 500 g/mol. The molecule has 1 saturated heterocycles. The molecule has 1 aliphatic rings. The number of imidazole rings is 1. The third kappa shape index (κ3) is 6.17. The zero-order valence-electron chi connectivity index (χ0n) is 22.8. The maximum Gasteiger partial charge on any atom is 0.410 e. The third-order valence-corrected chi connectivity index (χ3v) is 6.18. The first-order chi connectivity index (χ1) is 16.8. The van der Waals surface area contributed by atoms with Crippen LogP contribution >= 0.6 is 0 Å². The number of para-hydroxylation sites is 2. The highest BCUT2D eigenvalue weighted by Crippen LogP contribution is 2.28. The van der Waals surface area contributed by atoms with Crippen LogP contribution in [0.2, 0.25) is 0 Å². The highest BCUT2D eigenvalue weighted by atomic mass is 16.6. The summed E-state index contributed by atoms with van der Waals surface area (Å²) >= 11 is 0. The van der Waals surface area contributed by atoms with Crippen LogP contribution < -0.4 is 0 Å². The Hall–Kier alpha value is -3.10. The Bertz CT molecular complexity index is 1100. The van der Waals surface area contributed by atoms with Gasteiger partial charge >= 0.3 is 12.1 Å². The Morgan fingerprint density at radius 2 is 1.78 bits per heavy atom. The van der Waals surface area contributed by atoms with Crippen molar-refractivity contribution in [2.45, 2.75) is 72.6 Å². The van der Waals surface area contributed by atoms with Crippen molar-refractivity contribution in [3.05, 3.63) is 30.1 Å². The molecule has 2 amide bonds. The van der Waals surface area contributed by atoms with E-state index in [9.17, 15) is 14.4 Å². The van der Waals surface area contributed by atoms with Crippen LogP contribution in [0, 0.1) is 11.8 Å². The normalized spacial score (nSPS) is 18.6. The van der Waals surface area contributed by atoms with E-state index in [0.29, 0.717) is 18.8 Å². The molecule has 9 heteroatoms. The van der Waals surface area contributed by atoms with Crippen molar-refractivity contribution in [2.24, 2.45) is 11.8 Å². The van der Waals surface area contributed by atoms with Gasteiger partial charge in [-0.3, -0.25) is 9.59 Å². The largest absolute Gasteiger partial charge is 0.469 e. The number of fused-ring (bicyclic) bond motifs is 1. The first-order valence-corrected chi connectivity index (χ1v) is 12.7. The number of amides is 2. The van der Waals surface area contributed by atoms with Crippen LogP contribution in [0.5, 0.6) is 0 Å². The first kappa shape index (κ1) is 27.5. The Morgan fingerprint density at radius 3 is 2.36 bits per heavy atom. The Kier molecular flexibility index (Phi) is 8.31. The summed E-state index contributed by atoms with van der Waals surface area (Å²) in [5, 5.41) is 0. The summed E-state index contributed by atoms with van der Waals surface area (Å²) in [5.74, 6) is -0.657. The van der Waals surface area contributed by atoms with Crippen molar-refractivity contribution >= 4 is 29.0 Å². The van der Waals surface area contributed by atoms with E-state index in [1.807, 2.05) is 56.5 Å². The van der Waals surface area contributed by atoms with E-state index in [1.165, 1.54) is 12.0 Å². The lowest BCUT2D eigenvalue weighted by Crippen LogP contribution is -2.57. The van der Waals surface area contributed by atoms with E-state index in [0.717, 1.165) is 11.0 Å². The van der Waals surface area contributed by atoms with Crippen molar-refractivity contribution < 1.29 is 23.9 Å². The minimum absolute atomic E-state index is 0.0182. The molecule has 0 N–H and O–H groups in total. The first-order valence-electron chi connectivity index (χ1n) is 12.7. The molecule has 1 aliphatic heterocycles. The molecule has 2 aromatic rings. The van der Waals surface area contributed by atoms with Gasteiger partial charge in [-0.1, -0.05) is 26.0 Å². The van der Waals surface area contributed by atoms with Gasteiger partial charge in [0.2, 0.25) is 0 Å². The van der Waals surface area contributed by atoms with Gasteiger partial charge in [0.1, 0.15) is 5.60 Å². The molecule has 3 rings (SSSR count). The Balaban J connectivity index is 2.02. The lowest BCUT2D eigenvalue weighted by atomic mass is 9.92. The second-order valence-electron chi connectivity index (χ2n) is 11.2. The minimum Gasteiger partial charge on any atom is -0.469 e. The summed E-state index contributed by atoms with van der Waals surface area (Å²) in [6.07, 6.45) is -0.112. The number of carbonyl (C=O) groups is 3. The van der Waals surface area contributed by atoms with Gasteiger partial charge in [-0.15, -0.1) is 0 Å². The van der Waals surface area contributed by atoms with E-state index in [4.69, 9.17) is 14.5 Å². The van der Waals surface area contributed by atoms with E-state index < -0.39 is 29.6 Å². The molecular formula is C27H40N4O5. The predicted octanol–water partition coefficient (Wildman–Crippen LogP) is 4.51. The summed E-state index contributed by atoms with van der Waals surface area (Å²) in [5.41, 5.74) is 0.970. The third-order valence-electron chi connectivity index (χ3n) is 6.18. The van der Waals surface area contributed by atoms with Crippen LogP contribution in [-0.4, -0.2) is 75.7 Å². The lowest BCUT2D eigenvalue weighted by molar-refractivity contribution is -0.148. The molecule has 2 heterocycles. The molecular weight excluding hydrogens is 460 g/mol. The van der Waals surface area contributed by atoms with Crippen molar-refractivity contribution in [3.8, 4) is 0 Å². The van der Waals surface area contributed by atoms with Gasteiger partial charge < -0.3 is 23.8 Å². The van der Waals surface area contributed by atoms with Crippen molar-refractivity contribution in [3.63, 3.8) is 0 Å². The fraction of sp³-hybridized carbons (Fsp3) is 0.630. The number of aromatic nitrogens is 2. The zero-order valence-corrected chi connectivity index (χ0v) is 22.8. The van der Waals surface area contributed by atoms with Crippen LogP contribution in [0.25, 0.3) is 11.0 Å². The number of methoxy groups -OCH3 is 1. The van der Waals surface area contributed by atoms with Gasteiger partial charge in [-0.25, -0.2) is 9.78 Å². The number of ether oxygens (including phenoxy) is 2. The number of hydrogen-bond donors (Lipinski definition) is 0. The highest BCUT2D eigenvalue weighted by molar-refractivity contribution is 5.95. The number of hydrogen-bond acceptors (Lipinski definition) is 6. The SMILES string of the molecule is COC(=O)[C@@H]1C[C@H](N(CC(C)C)C(=O)c2nc3ccccc3n2C(C)C)CN(C(=O)OC(C)(C)C)C1. The molecule has 36 heavy (non-hydrogen) atoms. The second-order valence-corrected chi connectivity index (χ2v) is 11.2. The number of carbonyl (C=O) groups excluding carboxylic acids is 3. The molecule has 1 aromatic heterocycles. The number of likely N-dealkylation sites (tertiary alicyclic amines) is 1. The zero-order chi connectivity index (χ0) is 26.8. The van der Waals surface area contributed by atoms with Crippen molar-refractivity contribution in [1.29, 1.82) is 0 Å². The van der Waals surface area contributed by atoms with Gasteiger partial charge in [0.25, 0.3) is 5.91 Å². The molecule has 2 atom stereocenters. The van der Waals surface area contributed by atoms with Gasteiger partial charge in [-0.05, 0) is 59.1 Å². The van der Waals surface area contributed by atoms with E-state index in [-0.39, 0.29) is 31.0 Å². The molecule has 0 unspecified atom stereocenters. The molecule has 0 bridgehead atoms. The number of nitrogens with zero attached hydrogens (tertiary/aromatic N) is 4. The number of piperidine rings is 1. The summed E-state index contributed by atoms with van der Waals surface area (Å²) < 4.78 is 12.6. The van der Waals surface area contributed by atoms with Crippen LogP contribution in [0.1, 0.15) is 71.5 Å². The van der Waals surface area contributed by atoms with Crippen LogP contribution in [-0.2, 0) is 14.3 Å². The average molecular weight is 501 g/mol. The smallest absolute Gasteiger partial charge is 0.410 e. The summed E-state index contributed by atoms with van der Waals surface area (Å²) in [6, 6.07) is 7.32. The van der Waals surface area contributed by atoms with E-state index >= 15 is 0 Å². The molecule has 0 saturated carbocycles. The van der Waals surface area contributed by atoms with Gasteiger partial charge in [0.05, 0.1) is 30.1 Å². The molecule has 1 aromatic carbocycles. The van der Waals surface area contributed by atoms with Crippen molar-refractivity contribution in [1.82, 2.24) is 19.4 Å². The fourth-order valence-electron chi connectivity index (χ4n) is 4.75. The topological polar surface area (TPSA) is 94.0 Å². The Morgan fingerprint density at radius 1 is 1.11 bits per heavy atom. The standard InChI is InChI=1S/C27H40N4O5/c1-17(2)14-30(24(32)23-28-21-11-9-10-12-22(21)31(23)18(3)4)20-13-19(25(33)35-8)15-29(16-20)26(34)36-27(5,6)7/h9-12,17-20H,13-16H2,1-8H3/t19-,20+/m1/s1. The quantitative estimate of drug-likeness (QED) is 0.542. The lowest BCUT2D eigenvalue weighted by Gasteiger charge is -2.42. The average Bonchev–Trinajstić information content (AvgIpc) is 3.20. The fourth-order valence-corrected chi connectivity index (χ4v) is 4.75. The number of esters is 1. The summed E-state index contributed by atoms with van der Waals surface area (Å²) in [7, 11) is 1.34. The predicted molar refractivity (Wildman–Crippen MR) is 138 cm³/mol. The van der Waals surface area contributed by atoms with Crippen LogP contribution in [0.4, 0.5) is 4.79 Å². The number of rotatable bonds is 6. The molecule has 0 aliphatic carbocycles. The van der Waals surface area contributed by atoms with Gasteiger partial charge in [0, 0.05) is 25.7 Å². The van der Waals surface area contributed by atoms with Crippen LogP contribution in [0.15, 0.2) is 24.3 Å². The van der Waals surface area contributed by atoms with Gasteiger partial charge in [-0.2, -0.15) is 0 Å². The second kappa shape index (κ2) is 10.9. The molecule has 198 valence electrons. The van der Waals surface area contributed by atoms with Crippen LogP contribution in [0.3, 0.4) is 0 Å². The van der Waals surface area contributed by atoms with E-state index in [2.05, 4.69) is 0 Å². The summed E-state index contributed by atoms with van der Waals surface area (Å²) in [6.45, 7) is 14.4. The minimum atomic E-state index is -0.680. The summed E-state index contributed by atoms with van der Waals surface area (Å²) in [4.78, 5) is 47.7. The molecule has 0 spiro atoms. The highest BCUT2D eigenvalue weighted by Gasteiger charge is 2.41.